The van der Waals surface area contributed by atoms with Gasteiger partial charge in [-0.1, -0.05) is 6.92 Å². The minimum atomic E-state index is -0.632. The van der Waals surface area contributed by atoms with Gasteiger partial charge in [0.2, 0.25) is 0 Å². The van der Waals surface area contributed by atoms with E-state index >= 15 is 0 Å². The Bertz CT molecular complexity index is 787. The van der Waals surface area contributed by atoms with Crippen molar-refractivity contribution in [2.75, 3.05) is 7.11 Å². The van der Waals surface area contributed by atoms with E-state index in [4.69, 9.17) is 18.9 Å². The van der Waals surface area contributed by atoms with Crippen LogP contribution in [0.4, 0.5) is 0 Å². The third-order valence-electron chi connectivity index (χ3n) is 7.72. The number of cyclic esters (lactones) is 1. The molecule has 0 amide bonds. The van der Waals surface area contributed by atoms with Gasteiger partial charge in [-0.15, -0.1) is 0 Å². The van der Waals surface area contributed by atoms with E-state index in [-0.39, 0.29) is 36.1 Å². The van der Waals surface area contributed by atoms with Crippen LogP contribution in [0, 0.1) is 28.6 Å². The highest BCUT2D eigenvalue weighted by Crippen LogP contribution is 2.70. The zero-order valence-corrected chi connectivity index (χ0v) is 15.9. The van der Waals surface area contributed by atoms with Crippen LogP contribution in [-0.4, -0.2) is 49.4 Å². The molecular weight excluding hydrogens is 352 g/mol. The molecule has 2 aliphatic carbocycles. The number of hydrogen-bond acceptors (Lipinski definition) is 7. The summed E-state index contributed by atoms with van der Waals surface area (Å²) < 4.78 is 22.3. The smallest absolute Gasteiger partial charge is 0.331 e. The summed E-state index contributed by atoms with van der Waals surface area (Å²) in [6.45, 7) is 5.77. The van der Waals surface area contributed by atoms with Crippen molar-refractivity contribution in [2.24, 2.45) is 28.6 Å². The Balaban J connectivity index is 1.62. The number of rotatable bonds is 2. The number of carbonyl (C=O) groups is 3. The molecule has 0 bridgehead atoms. The average molecular weight is 376 g/mol. The van der Waals surface area contributed by atoms with Crippen molar-refractivity contribution in [3.8, 4) is 0 Å². The van der Waals surface area contributed by atoms with E-state index in [0.717, 1.165) is 5.57 Å². The number of carbonyl (C=O) groups excluding carboxylic acids is 3. The van der Waals surface area contributed by atoms with Crippen LogP contribution >= 0.6 is 0 Å². The van der Waals surface area contributed by atoms with Crippen molar-refractivity contribution >= 4 is 17.9 Å². The molecular formula is C20H24O7. The van der Waals surface area contributed by atoms with E-state index in [9.17, 15) is 14.4 Å². The lowest BCUT2D eigenvalue weighted by atomic mass is 9.47. The summed E-state index contributed by atoms with van der Waals surface area (Å²) in [5.41, 5.74) is -0.143. The summed E-state index contributed by atoms with van der Waals surface area (Å²) in [7, 11) is 1.33. The van der Waals surface area contributed by atoms with E-state index in [1.807, 2.05) is 6.92 Å². The van der Waals surface area contributed by atoms with Gasteiger partial charge in [-0.3, -0.25) is 9.59 Å². The molecule has 2 saturated heterocycles. The number of epoxide rings is 1. The van der Waals surface area contributed by atoms with Crippen molar-refractivity contribution in [3.63, 3.8) is 0 Å². The number of esters is 3. The maximum atomic E-state index is 12.7. The minimum absolute atomic E-state index is 0.0108. The van der Waals surface area contributed by atoms with Crippen LogP contribution in [0.2, 0.25) is 0 Å². The summed E-state index contributed by atoms with van der Waals surface area (Å²) >= 11 is 0. The molecule has 0 aromatic rings. The minimum Gasteiger partial charge on any atom is -0.469 e. The standard InChI is InChI=1S/C20H24O7/c1-8(17(22)24-4)14-9-5-11-15-19(2,18(23)26-11)7-12-16(25-12)20(15,3)10(9)6-13(21)27-14/h6,8-9,11-12,14-16H,5,7H2,1-4H3. The molecule has 27 heavy (non-hydrogen) atoms. The predicted molar refractivity (Wildman–Crippen MR) is 90.1 cm³/mol. The lowest BCUT2D eigenvalue weighted by molar-refractivity contribution is -0.165. The average Bonchev–Trinajstić information content (AvgIpc) is 3.35. The molecule has 3 heterocycles. The van der Waals surface area contributed by atoms with Gasteiger partial charge in [0.15, 0.2) is 0 Å². The molecule has 4 fully saturated rings. The highest BCUT2D eigenvalue weighted by Gasteiger charge is 2.76. The second-order valence-electron chi connectivity index (χ2n) is 9.08. The molecule has 0 aromatic carbocycles. The Morgan fingerprint density at radius 1 is 1.26 bits per heavy atom. The molecule has 9 atom stereocenters. The molecule has 0 radical (unpaired) electrons. The first-order valence-electron chi connectivity index (χ1n) is 9.59. The van der Waals surface area contributed by atoms with E-state index in [1.54, 1.807) is 13.0 Å². The molecule has 2 saturated carbocycles. The van der Waals surface area contributed by atoms with Crippen LogP contribution in [0.5, 0.6) is 0 Å². The Morgan fingerprint density at radius 3 is 2.70 bits per heavy atom. The Labute approximate surface area is 157 Å². The number of methoxy groups -OCH3 is 1. The zero-order valence-electron chi connectivity index (χ0n) is 15.9. The molecule has 5 aliphatic rings. The third-order valence-corrected chi connectivity index (χ3v) is 7.72. The van der Waals surface area contributed by atoms with Crippen molar-refractivity contribution in [2.45, 2.75) is 58.0 Å². The van der Waals surface area contributed by atoms with Crippen LogP contribution in [0.15, 0.2) is 11.6 Å². The molecule has 9 unspecified atom stereocenters. The van der Waals surface area contributed by atoms with Gasteiger partial charge < -0.3 is 18.9 Å². The summed E-state index contributed by atoms with van der Waals surface area (Å²) in [5, 5.41) is 0. The molecule has 146 valence electrons. The topological polar surface area (TPSA) is 91.4 Å². The van der Waals surface area contributed by atoms with Gasteiger partial charge in [0.1, 0.15) is 12.2 Å². The normalized spacial score (nSPS) is 50.3. The van der Waals surface area contributed by atoms with Gasteiger partial charge in [0.25, 0.3) is 0 Å². The summed E-state index contributed by atoms with van der Waals surface area (Å²) in [6, 6.07) is 0. The fraction of sp³-hybridized carbons (Fsp3) is 0.750. The molecule has 0 spiro atoms. The maximum Gasteiger partial charge on any atom is 0.331 e. The molecule has 3 aliphatic heterocycles. The lowest BCUT2D eigenvalue weighted by Gasteiger charge is -2.54. The summed E-state index contributed by atoms with van der Waals surface area (Å²) in [4.78, 5) is 37.3. The van der Waals surface area contributed by atoms with Gasteiger partial charge >= 0.3 is 17.9 Å². The highest BCUT2D eigenvalue weighted by atomic mass is 16.6. The van der Waals surface area contributed by atoms with Gasteiger partial charge in [0, 0.05) is 23.3 Å². The first-order chi connectivity index (χ1) is 12.7. The number of hydrogen-bond donors (Lipinski definition) is 0. The zero-order chi connectivity index (χ0) is 19.3. The molecule has 0 N–H and O–H groups in total. The fourth-order valence-electron chi connectivity index (χ4n) is 6.58. The first-order valence-corrected chi connectivity index (χ1v) is 9.59. The Kier molecular flexibility index (Phi) is 3.27. The van der Waals surface area contributed by atoms with Gasteiger partial charge in [-0.2, -0.15) is 0 Å². The second kappa shape index (κ2) is 5.13. The van der Waals surface area contributed by atoms with Crippen LogP contribution in [0.1, 0.15) is 33.6 Å². The molecule has 5 rings (SSSR count). The fourth-order valence-corrected chi connectivity index (χ4v) is 6.58. The molecule has 7 nitrogen and oxygen atoms in total. The quantitative estimate of drug-likeness (QED) is 0.409. The first kappa shape index (κ1) is 17.2. The van der Waals surface area contributed by atoms with Crippen molar-refractivity contribution in [1.82, 2.24) is 0 Å². The number of fused-ring (bicyclic) bond motifs is 4. The third kappa shape index (κ3) is 1.98. The van der Waals surface area contributed by atoms with E-state index in [0.29, 0.717) is 12.8 Å². The lowest BCUT2D eigenvalue weighted by Crippen LogP contribution is -2.59. The van der Waals surface area contributed by atoms with Crippen LogP contribution in [0.3, 0.4) is 0 Å². The van der Waals surface area contributed by atoms with Crippen molar-refractivity contribution in [1.29, 1.82) is 0 Å². The van der Waals surface area contributed by atoms with E-state index < -0.39 is 34.8 Å². The molecule has 0 aromatic heterocycles. The number of ether oxygens (including phenoxy) is 4. The van der Waals surface area contributed by atoms with E-state index in [1.165, 1.54) is 7.11 Å². The maximum absolute atomic E-state index is 12.7. The van der Waals surface area contributed by atoms with Crippen molar-refractivity contribution < 1.29 is 33.3 Å². The van der Waals surface area contributed by atoms with Crippen LogP contribution in [0.25, 0.3) is 0 Å². The SMILES string of the molecule is COC(=O)C(C)C1OC(=O)C=C2C1CC1OC(=O)C3(C)CC4OC4C2(C)C13. The largest absolute Gasteiger partial charge is 0.469 e. The monoisotopic (exact) mass is 376 g/mol. The van der Waals surface area contributed by atoms with E-state index in [2.05, 4.69) is 6.92 Å². The molecule has 7 heteroatoms. The van der Waals surface area contributed by atoms with Gasteiger partial charge in [-0.05, 0) is 32.3 Å². The van der Waals surface area contributed by atoms with Crippen molar-refractivity contribution in [3.05, 3.63) is 11.6 Å². The summed E-state index contributed by atoms with van der Waals surface area (Å²) in [5.74, 6) is -1.88. The Hall–Kier alpha value is -1.89. The highest BCUT2D eigenvalue weighted by molar-refractivity contribution is 5.86. The van der Waals surface area contributed by atoms with Gasteiger partial charge in [0.05, 0.1) is 30.7 Å². The predicted octanol–water partition coefficient (Wildman–Crippen LogP) is 1.39. The van der Waals surface area contributed by atoms with Crippen LogP contribution in [-0.2, 0) is 33.3 Å². The second-order valence-corrected chi connectivity index (χ2v) is 9.08. The summed E-state index contributed by atoms with van der Waals surface area (Å²) in [6.07, 6.45) is 1.87. The Morgan fingerprint density at radius 2 is 2.00 bits per heavy atom. The van der Waals surface area contributed by atoms with Gasteiger partial charge in [-0.25, -0.2) is 4.79 Å². The van der Waals surface area contributed by atoms with Crippen LogP contribution < -0.4 is 0 Å².